The van der Waals surface area contributed by atoms with E-state index in [1.54, 1.807) is 12.1 Å². The number of carbonyl (C=O) groups is 1. The molecule has 1 saturated heterocycles. The maximum absolute atomic E-state index is 12.4. The van der Waals surface area contributed by atoms with E-state index in [-0.39, 0.29) is 5.91 Å². The Labute approximate surface area is 121 Å². The van der Waals surface area contributed by atoms with Crippen molar-refractivity contribution in [3.63, 3.8) is 0 Å². The summed E-state index contributed by atoms with van der Waals surface area (Å²) in [6, 6.07) is 5.62. The molecule has 1 heterocycles. The summed E-state index contributed by atoms with van der Waals surface area (Å²) in [5, 5.41) is 3.88. The molecule has 98 valence electrons. The normalized spacial score (nSPS) is 16.6. The van der Waals surface area contributed by atoms with Gasteiger partial charge in [0, 0.05) is 28.1 Å². The lowest BCUT2D eigenvalue weighted by Crippen LogP contribution is -2.43. The lowest BCUT2D eigenvalue weighted by molar-refractivity contribution is 0.0703. The fourth-order valence-electron chi connectivity index (χ4n) is 2.24. The first-order valence-corrected chi connectivity index (χ1v) is 7.19. The minimum absolute atomic E-state index is 0.0325. The van der Waals surface area contributed by atoms with E-state index >= 15 is 0 Å². The zero-order chi connectivity index (χ0) is 13.1. The Kier molecular flexibility index (Phi) is 4.65. The Morgan fingerprint density at radius 2 is 2.06 bits per heavy atom. The zero-order valence-corrected chi connectivity index (χ0v) is 12.6. The van der Waals surface area contributed by atoms with Gasteiger partial charge < -0.3 is 10.2 Å². The molecule has 1 amide bonds. The highest BCUT2D eigenvalue weighted by Gasteiger charge is 2.23. The van der Waals surface area contributed by atoms with Crippen LogP contribution in [0.1, 0.15) is 23.2 Å². The highest BCUT2D eigenvalue weighted by atomic mass is 79.9. The summed E-state index contributed by atoms with van der Waals surface area (Å²) in [6.45, 7) is 1.95. The summed E-state index contributed by atoms with van der Waals surface area (Å²) in [7, 11) is 1.87. The monoisotopic (exact) mass is 330 g/mol. The predicted molar refractivity (Wildman–Crippen MR) is 77.1 cm³/mol. The van der Waals surface area contributed by atoms with Gasteiger partial charge in [0.15, 0.2) is 0 Å². The fraction of sp³-hybridized carbons (Fsp3) is 0.462. The molecule has 0 radical (unpaired) electrons. The Hall–Kier alpha value is -0.580. The number of carbonyl (C=O) groups excluding carboxylic acids is 1. The molecule has 0 aliphatic carbocycles. The van der Waals surface area contributed by atoms with E-state index in [2.05, 4.69) is 21.2 Å². The van der Waals surface area contributed by atoms with Crippen LogP contribution in [0.4, 0.5) is 0 Å². The van der Waals surface area contributed by atoms with E-state index in [0.29, 0.717) is 16.6 Å². The summed E-state index contributed by atoms with van der Waals surface area (Å²) < 4.78 is 0.831. The van der Waals surface area contributed by atoms with Crippen LogP contribution in [0.5, 0.6) is 0 Å². The van der Waals surface area contributed by atoms with Crippen molar-refractivity contribution in [3.8, 4) is 0 Å². The van der Waals surface area contributed by atoms with Crippen molar-refractivity contribution in [2.24, 2.45) is 0 Å². The maximum atomic E-state index is 12.4. The van der Waals surface area contributed by atoms with Crippen molar-refractivity contribution in [1.82, 2.24) is 10.2 Å². The van der Waals surface area contributed by atoms with Gasteiger partial charge in [0.1, 0.15) is 0 Å². The van der Waals surface area contributed by atoms with Gasteiger partial charge >= 0.3 is 0 Å². The lowest BCUT2D eigenvalue weighted by Gasteiger charge is -2.31. The number of amides is 1. The predicted octanol–water partition coefficient (Wildman–Crippen LogP) is 2.93. The van der Waals surface area contributed by atoms with E-state index in [1.165, 1.54) is 0 Å². The maximum Gasteiger partial charge on any atom is 0.253 e. The molecular formula is C13H16BrClN2O. The number of nitrogens with one attached hydrogen (secondary N) is 1. The molecule has 0 saturated carbocycles. The number of hydrogen-bond donors (Lipinski definition) is 1. The first-order valence-electron chi connectivity index (χ1n) is 6.02. The van der Waals surface area contributed by atoms with Gasteiger partial charge in [0.25, 0.3) is 5.91 Å². The van der Waals surface area contributed by atoms with Crippen LogP contribution in [0.15, 0.2) is 22.7 Å². The molecule has 3 nitrogen and oxygen atoms in total. The van der Waals surface area contributed by atoms with Gasteiger partial charge in [-0.1, -0.05) is 27.5 Å². The quantitative estimate of drug-likeness (QED) is 0.904. The summed E-state index contributed by atoms with van der Waals surface area (Å²) in [5.74, 6) is 0.0325. The molecule has 5 heteroatoms. The van der Waals surface area contributed by atoms with Gasteiger partial charge in [-0.25, -0.2) is 0 Å². The molecule has 1 N–H and O–H groups in total. The van der Waals surface area contributed by atoms with Crippen LogP contribution < -0.4 is 5.32 Å². The molecule has 1 fully saturated rings. The molecule has 1 aliphatic heterocycles. The highest BCUT2D eigenvalue weighted by Crippen LogP contribution is 2.22. The van der Waals surface area contributed by atoms with E-state index in [4.69, 9.17) is 11.6 Å². The van der Waals surface area contributed by atoms with Crippen molar-refractivity contribution in [2.75, 3.05) is 20.1 Å². The Balaban J connectivity index is 2.14. The average molecular weight is 332 g/mol. The van der Waals surface area contributed by atoms with Gasteiger partial charge in [-0.2, -0.15) is 0 Å². The first-order chi connectivity index (χ1) is 8.58. The van der Waals surface area contributed by atoms with Crippen LogP contribution >= 0.6 is 27.5 Å². The molecule has 18 heavy (non-hydrogen) atoms. The third-order valence-electron chi connectivity index (χ3n) is 3.29. The third-order valence-corrected chi connectivity index (χ3v) is 3.96. The van der Waals surface area contributed by atoms with E-state index in [0.717, 1.165) is 30.4 Å². The molecular weight excluding hydrogens is 316 g/mol. The minimum atomic E-state index is 0.0325. The summed E-state index contributed by atoms with van der Waals surface area (Å²) in [4.78, 5) is 14.2. The molecule has 0 atom stereocenters. The Morgan fingerprint density at radius 3 is 2.67 bits per heavy atom. The van der Waals surface area contributed by atoms with Gasteiger partial charge in [-0.3, -0.25) is 4.79 Å². The fourth-order valence-corrected chi connectivity index (χ4v) is 3.10. The van der Waals surface area contributed by atoms with Crippen molar-refractivity contribution in [1.29, 1.82) is 0 Å². The third kappa shape index (κ3) is 3.25. The Morgan fingerprint density at radius 1 is 1.39 bits per heavy atom. The van der Waals surface area contributed by atoms with Gasteiger partial charge in [-0.05, 0) is 44.1 Å². The SMILES string of the molecule is CN(C(=O)c1cc(Cl)cc(Br)c1)C1CCNCC1. The largest absolute Gasteiger partial charge is 0.339 e. The van der Waals surface area contributed by atoms with Crippen molar-refractivity contribution < 1.29 is 4.79 Å². The summed E-state index contributed by atoms with van der Waals surface area (Å²) >= 11 is 9.34. The van der Waals surface area contributed by atoms with Crippen LogP contribution in [0.2, 0.25) is 5.02 Å². The highest BCUT2D eigenvalue weighted by molar-refractivity contribution is 9.10. The second-order valence-electron chi connectivity index (χ2n) is 4.56. The summed E-state index contributed by atoms with van der Waals surface area (Å²) in [6.07, 6.45) is 2.01. The van der Waals surface area contributed by atoms with Gasteiger partial charge in [-0.15, -0.1) is 0 Å². The van der Waals surface area contributed by atoms with E-state index in [9.17, 15) is 4.79 Å². The molecule has 1 aromatic rings. The second-order valence-corrected chi connectivity index (χ2v) is 5.91. The van der Waals surface area contributed by atoms with Crippen LogP contribution in [0.25, 0.3) is 0 Å². The van der Waals surface area contributed by atoms with Crippen LogP contribution in [0, 0.1) is 0 Å². The summed E-state index contributed by atoms with van der Waals surface area (Å²) in [5.41, 5.74) is 0.635. The van der Waals surface area contributed by atoms with Crippen LogP contribution in [-0.4, -0.2) is 37.0 Å². The zero-order valence-electron chi connectivity index (χ0n) is 10.2. The smallest absolute Gasteiger partial charge is 0.253 e. The molecule has 2 rings (SSSR count). The van der Waals surface area contributed by atoms with Crippen LogP contribution in [-0.2, 0) is 0 Å². The molecule has 0 bridgehead atoms. The standard InChI is InChI=1S/C13H16BrClN2O/c1-17(12-2-4-16-5-3-12)13(18)9-6-10(14)8-11(15)7-9/h6-8,12,16H,2-5H2,1H3. The number of piperidine rings is 1. The number of nitrogens with zero attached hydrogens (tertiary/aromatic N) is 1. The van der Waals surface area contributed by atoms with Crippen molar-refractivity contribution >= 4 is 33.4 Å². The lowest BCUT2D eigenvalue weighted by atomic mass is 10.0. The molecule has 0 aromatic heterocycles. The first kappa shape index (κ1) is 13.8. The van der Waals surface area contributed by atoms with Gasteiger partial charge in [0.05, 0.1) is 0 Å². The number of halogens is 2. The topological polar surface area (TPSA) is 32.3 Å². The van der Waals surface area contributed by atoms with Crippen molar-refractivity contribution in [3.05, 3.63) is 33.3 Å². The van der Waals surface area contributed by atoms with E-state index in [1.807, 2.05) is 18.0 Å². The number of rotatable bonds is 2. The Bertz CT molecular complexity index is 426. The van der Waals surface area contributed by atoms with E-state index < -0.39 is 0 Å². The average Bonchev–Trinajstić information content (AvgIpc) is 2.37. The minimum Gasteiger partial charge on any atom is -0.339 e. The molecule has 0 unspecified atom stereocenters. The molecule has 1 aliphatic rings. The van der Waals surface area contributed by atoms with Gasteiger partial charge in [0.2, 0.25) is 0 Å². The number of benzene rings is 1. The van der Waals surface area contributed by atoms with Crippen LogP contribution in [0.3, 0.4) is 0 Å². The van der Waals surface area contributed by atoms with Crippen molar-refractivity contribution in [2.45, 2.75) is 18.9 Å². The molecule has 0 spiro atoms. The molecule has 1 aromatic carbocycles. The second kappa shape index (κ2) is 6.04. The number of hydrogen-bond acceptors (Lipinski definition) is 2.